The number of nitrogens with one attached hydrogen (secondary N) is 1. The molecule has 0 saturated carbocycles. The summed E-state index contributed by atoms with van der Waals surface area (Å²) in [4.78, 5) is 14.2. The van der Waals surface area contributed by atoms with E-state index in [-0.39, 0.29) is 18.3 Å². The van der Waals surface area contributed by atoms with E-state index in [1.807, 2.05) is 0 Å². The van der Waals surface area contributed by atoms with Gasteiger partial charge in [-0.05, 0) is 31.2 Å². The van der Waals surface area contributed by atoms with E-state index in [1.54, 1.807) is 0 Å². The minimum absolute atomic E-state index is 0. The molecule has 0 aromatic rings. The minimum Gasteiger partial charge on any atom is -0.342 e. The van der Waals surface area contributed by atoms with Crippen LogP contribution >= 0.6 is 12.4 Å². The fraction of sp³-hybridized carbons (Fsp3) is 0.917. The molecule has 2 rings (SSSR count). The van der Waals surface area contributed by atoms with E-state index in [0.29, 0.717) is 11.8 Å². The number of nitrogens with zero attached hydrogens (tertiary/aromatic N) is 1. The van der Waals surface area contributed by atoms with Gasteiger partial charge >= 0.3 is 0 Å². The van der Waals surface area contributed by atoms with Gasteiger partial charge in [0, 0.05) is 19.6 Å². The van der Waals surface area contributed by atoms with Crippen molar-refractivity contribution >= 4 is 18.3 Å². The van der Waals surface area contributed by atoms with Gasteiger partial charge in [0.2, 0.25) is 5.91 Å². The van der Waals surface area contributed by atoms with E-state index in [9.17, 15) is 4.79 Å². The monoisotopic (exact) mass is 246 g/mol. The second kappa shape index (κ2) is 5.87. The Hall–Kier alpha value is -0.280. The zero-order valence-corrected chi connectivity index (χ0v) is 11.1. The van der Waals surface area contributed by atoms with Crippen LogP contribution in [0.4, 0.5) is 0 Å². The smallest absolute Gasteiger partial charge is 0.227 e. The predicted molar refractivity (Wildman–Crippen MR) is 67.7 cm³/mol. The topological polar surface area (TPSA) is 32.3 Å². The highest BCUT2D eigenvalue weighted by molar-refractivity contribution is 5.85. The van der Waals surface area contributed by atoms with Crippen LogP contribution in [0, 0.1) is 17.8 Å². The Morgan fingerprint density at radius 3 is 2.62 bits per heavy atom. The summed E-state index contributed by atoms with van der Waals surface area (Å²) in [6.07, 6.45) is 2.23. The van der Waals surface area contributed by atoms with Crippen molar-refractivity contribution in [3.05, 3.63) is 0 Å². The summed E-state index contributed by atoms with van der Waals surface area (Å²) in [6, 6.07) is 0. The summed E-state index contributed by atoms with van der Waals surface area (Å²) in [5.74, 6) is 2.09. The third kappa shape index (κ3) is 2.89. The van der Waals surface area contributed by atoms with Gasteiger partial charge in [-0.15, -0.1) is 12.4 Å². The largest absolute Gasteiger partial charge is 0.342 e. The molecule has 1 unspecified atom stereocenters. The zero-order chi connectivity index (χ0) is 10.8. The van der Waals surface area contributed by atoms with E-state index in [1.165, 1.54) is 6.42 Å². The van der Waals surface area contributed by atoms with Gasteiger partial charge in [0.05, 0.1) is 5.92 Å². The summed E-state index contributed by atoms with van der Waals surface area (Å²) < 4.78 is 0. The van der Waals surface area contributed by atoms with Crippen LogP contribution in [0.1, 0.15) is 26.7 Å². The van der Waals surface area contributed by atoms with Crippen LogP contribution in [0.5, 0.6) is 0 Å². The maximum atomic E-state index is 12.1. The van der Waals surface area contributed by atoms with Crippen LogP contribution in [0.15, 0.2) is 0 Å². The Labute approximate surface area is 104 Å². The molecule has 0 bridgehead atoms. The molecule has 4 heteroatoms. The Bertz CT molecular complexity index is 239. The van der Waals surface area contributed by atoms with E-state index < -0.39 is 0 Å². The zero-order valence-electron chi connectivity index (χ0n) is 10.2. The third-order valence-corrected chi connectivity index (χ3v) is 3.89. The van der Waals surface area contributed by atoms with Crippen LogP contribution in [0.3, 0.4) is 0 Å². The van der Waals surface area contributed by atoms with Crippen molar-refractivity contribution < 1.29 is 4.79 Å². The number of likely N-dealkylation sites (tertiary alicyclic amines) is 1. The first-order valence-electron chi connectivity index (χ1n) is 6.18. The summed E-state index contributed by atoms with van der Waals surface area (Å²) >= 11 is 0. The van der Waals surface area contributed by atoms with Crippen molar-refractivity contribution in [1.29, 1.82) is 0 Å². The molecule has 2 aliphatic rings. The van der Waals surface area contributed by atoms with Crippen molar-refractivity contribution in [3.8, 4) is 0 Å². The van der Waals surface area contributed by atoms with Gasteiger partial charge in [0.15, 0.2) is 0 Å². The Balaban J connectivity index is 0.00000128. The average Bonchev–Trinajstić information content (AvgIpc) is 2.88. The molecular weight excluding hydrogens is 224 g/mol. The Kier molecular flexibility index (Phi) is 5.06. The van der Waals surface area contributed by atoms with Gasteiger partial charge in [-0.2, -0.15) is 0 Å². The summed E-state index contributed by atoms with van der Waals surface area (Å²) in [5, 5.41) is 3.26. The fourth-order valence-electron chi connectivity index (χ4n) is 2.66. The second-order valence-corrected chi connectivity index (χ2v) is 5.27. The number of carbonyl (C=O) groups is 1. The normalized spacial score (nSPS) is 29.6. The van der Waals surface area contributed by atoms with E-state index in [0.717, 1.165) is 38.5 Å². The third-order valence-electron chi connectivity index (χ3n) is 3.89. The molecule has 3 nitrogen and oxygen atoms in total. The van der Waals surface area contributed by atoms with Crippen molar-refractivity contribution in [1.82, 2.24) is 10.2 Å². The van der Waals surface area contributed by atoms with Crippen LogP contribution in [0.25, 0.3) is 0 Å². The molecule has 0 aromatic heterocycles. The van der Waals surface area contributed by atoms with E-state index >= 15 is 0 Å². The summed E-state index contributed by atoms with van der Waals surface area (Å²) in [7, 11) is 0. The lowest BCUT2D eigenvalue weighted by molar-refractivity contribution is -0.134. The SMILES string of the molecule is CC(C)C1CCN(C(=O)[C@H]2CCNC2)C1.Cl. The number of hydrogen-bond acceptors (Lipinski definition) is 2. The molecule has 2 fully saturated rings. The molecule has 0 aromatic carbocycles. The van der Waals surface area contributed by atoms with Crippen molar-refractivity contribution in [2.75, 3.05) is 26.2 Å². The van der Waals surface area contributed by atoms with Crippen molar-refractivity contribution in [2.45, 2.75) is 26.7 Å². The molecule has 94 valence electrons. The predicted octanol–water partition coefficient (Wildman–Crippen LogP) is 1.52. The molecule has 16 heavy (non-hydrogen) atoms. The Morgan fingerprint density at radius 2 is 2.12 bits per heavy atom. The lowest BCUT2D eigenvalue weighted by atomic mass is 9.95. The first-order valence-corrected chi connectivity index (χ1v) is 6.18. The van der Waals surface area contributed by atoms with E-state index in [4.69, 9.17) is 0 Å². The molecule has 1 N–H and O–H groups in total. The van der Waals surface area contributed by atoms with Gasteiger partial charge in [-0.1, -0.05) is 13.8 Å². The quantitative estimate of drug-likeness (QED) is 0.802. The molecular formula is C12H23ClN2O. The number of halogens is 1. The van der Waals surface area contributed by atoms with Crippen molar-refractivity contribution in [2.24, 2.45) is 17.8 Å². The first-order chi connectivity index (χ1) is 7.18. The molecule has 0 aliphatic carbocycles. The van der Waals surface area contributed by atoms with Crippen molar-refractivity contribution in [3.63, 3.8) is 0 Å². The van der Waals surface area contributed by atoms with Crippen LogP contribution in [0.2, 0.25) is 0 Å². The van der Waals surface area contributed by atoms with Gasteiger partial charge in [0.25, 0.3) is 0 Å². The molecule has 2 saturated heterocycles. The molecule has 0 spiro atoms. The molecule has 2 atom stereocenters. The highest BCUT2D eigenvalue weighted by atomic mass is 35.5. The number of amides is 1. The van der Waals surface area contributed by atoms with Crippen LogP contribution in [-0.4, -0.2) is 37.0 Å². The minimum atomic E-state index is 0. The number of hydrogen-bond donors (Lipinski definition) is 1. The molecule has 1 amide bonds. The summed E-state index contributed by atoms with van der Waals surface area (Å²) in [6.45, 7) is 8.40. The highest BCUT2D eigenvalue weighted by Crippen LogP contribution is 2.25. The van der Waals surface area contributed by atoms with Gasteiger partial charge in [0.1, 0.15) is 0 Å². The first kappa shape index (κ1) is 13.8. The van der Waals surface area contributed by atoms with E-state index in [2.05, 4.69) is 24.1 Å². The van der Waals surface area contributed by atoms with Crippen LogP contribution < -0.4 is 5.32 Å². The standard InChI is InChI=1S/C12H22N2O.ClH/c1-9(2)11-4-6-14(8-11)12(15)10-3-5-13-7-10;/h9-11,13H,3-8H2,1-2H3;1H/t10-,11?;/m0./s1. The molecule has 0 radical (unpaired) electrons. The van der Waals surface area contributed by atoms with Gasteiger partial charge < -0.3 is 10.2 Å². The fourth-order valence-corrected chi connectivity index (χ4v) is 2.66. The number of rotatable bonds is 2. The summed E-state index contributed by atoms with van der Waals surface area (Å²) in [5.41, 5.74) is 0. The highest BCUT2D eigenvalue weighted by Gasteiger charge is 2.32. The van der Waals surface area contributed by atoms with Gasteiger partial charge in [-0.3, -0.25) is 4.79 Å². The average molecular weight is 247 g/mol. The maximum Gasteiger partial charge on any atom is 0.227 e. The molecule has 2 heterocycles. The maximum absolute atomic E-state index is 12.1. The second-order valence-electron chi connectivity index (χ2n) is 5.27. The Morgan fingerprint density at radius 1 is 1.38 bits per heavy atom. The lowest BCUT2D eigenvalue weighted by Crippen LogP contribution is -2.35. The lowest BCUT2D eigenvalue weighted by Gasteiger charge is -2.21. The molecule has 2 aliphatic heterocycles. The van der Waals surface area contributed by atoms with Gasteiger partial charge in [-0.25, -0.2) is 0 Å². The van der Waals surface area contributed by atoms with Crippen LogP contribution in [-0.2, 0) is 4.79 Å². The number of carbonyl (C=O) groups excluding carboxylic acids is 1.